The van der Waals surface area contributed by atoms with Crippen molar-refractivity contribution >= 4 is 49.7 Å². The highest BCUT2D eigenvalue weighted by atomic mass is 79.9. The van der Waals surface area contributed by atoms with Crippen LogP contribution in [0.15, 0.2) is 33.7 Å². The molecule has 6 heteroatoms. The fourth-order valence-corrected chi connectivity index (χ4v) is 5.38. The zero-order valence-electron chi connectivity index (χ0n) is 12.3. The summed E-state index contributed by atoms with van der Waals surface area (Å²) >= 11 is 7.25. The minimum absolute atomic E-state index is 0.148. The largest absolute Gasteiger partial charge is 0.339 e. The monoisotopic (exact) mass is 398 g/mol. The second-order valence-corrected chi connectivity index (χ2v) is 8.73. The molecule has 2 aliphatic rings. The summed E-state index contributed by atoms with van der Waals surface area (Å²) in [5, 5.41) is 0. The Labute approximate surface area is 148 Å². The van der Waals surface area contributed by atoms with E-state index in [4.69, 9.17) is 0 Å². The molecule has 3 rings (SSSR count). The first kappa shape index (κ1) is 16.4. The van der Waals surface area contributed by atoms with Crippen molar-refractivity contribution in [2.75, 3.05) is 31.1 Å². The number of aliphatic imine (C=N–C) groups is 1. The number of thioether (sulfide) groups is 2. The van der Waals surface area contributed by atoms with Crippen molar-refractivity contribution in [1.82, 2.24) is 4.90 Å². The third-order valence-electron chi connectivity index (χ3n) is 4.01. The lowest BCUT2D eigenvalue weighted by atomic mass is 9.98. The van der Waals surface area contributed by atoms with Gasteiger partial charge in [-0.15, -0.1) is 0 Å². The number of nitrogens with zero attached hydrogens (tertiary/aromatic N) is 2. The average Bonchev–Trinajstić information content (AvgIpc) is 3.07. The third kappa shape index (κ3) is 4.09. The summed E-state index contributed by atoms with van der Waals surface area (Å²) in [4.78, 5) is 19.0. The van der Waals surface area contributed by atoms with Crippen LogP contribution >= 0.6 is 39.5 Å². The lowest BCUT2D eigenvalue weighted by Gasteiger charge is -2.32. The first-order chi connectivity index (χ1) is 10.7. The summed E-state index contributed by atoms with van der Waals surface area (Å²) in [5.74, 6) is 3.14. The van der Waals surface area contributed by atoms with E-state index in [-0.39, 0.29) is 5.91 Å². The Morgan fingerprint density at radius 1 is 1.36 bits per heavy atom. The van der Waals surface area contributed by atoms with Gasteiger partial charge in [0.1, 0.15) is 4.38 Å². The minimum atomic E-state index is 0.148. The molecule has 0 aliphatic carbocycles. The van der Waals surface area contributed by atoms with E-state index in [2.05, 4.69) is 20.9 Å². The van der Waals surface area contributed by atoms with Crippen molar-refractivity contribution in [3.63, 3.8) is 0 Å². The highest BCUT2D eigenvalue weighted by Gasteiger charge is 2.25. The van der Waals surface area contributed by atoms with Crippen LogP contribution in [0.5, 0.6) is 0 Å². The van der Waals surface area contributed by atoms with E-state index < -0.39 is 0 Å². The Bertz CT molecular complexity index is 571. The fourth-order valence-electron chi connectivity index (χ4n) is 2.70. The molecule has 1 aromatic carbocycles. The summed E-state index contributed by atoms with van der Waals surface area (Å²) in [5.41, 5.74) is 0.770. The Morgan fingerprint density at radius 3 is 2.82 bits per heavy atom. The van der Waals surface area contributed by atoms with Gasteiger partial charge in [-0.25, -0.2) is 0 Å². The van der Waals surface area contributed by atoms with Crippen LogP contribution in [0.4, 0.5) is 0 Å². The zero-order chi connectivity index (χ0) is 15.4. The number of carbonyl (C=O) groups excluding carboxylic acids is 1. The number of halogens is 1. The molecule has 118 valence electrons. The normalized spacial score (nSPS) is 19.3. The Kier molecular flexibility index (Phi) is 5.88. The van der Waals surface area contributed by atoms with Crippen molar-refractivity contribution in [2.24, 2.45) is 10.9 Å². The molecule has 1 saturated heterocycles. The maximum Gasteiger partial charge on any atom is 0.254 e. The molecule has 0 aromatic heterocycles. The van der Waals surface area contributed by atoms with E-state index in [1.54, 1.807) is 0 Å². The SMILES string of the molecule is O=C(c1ccccc1Br)N1CCC(CSC2=NCCS2)CC1. The van der Waals surface area contributed by atoms with Gasteiger partial charge in [0.2, 0.25) is 0 Å². The van der Waals surface area contributed by atoms with Crippen LogP contribution in [0, 0.1) is 5.92 Å². The van der Waals surface area contributed by atoms with Crippen LogP contribution in [0.25, 0.3) is 0 Å². The molecule has 0 saturated carbocycles. The van der Waals surface area contributed by atoms with Crippen molar-refractivity contribution in [1.29, 1.82) is 0 Å². The van der Waals surface area contributed by atoms with Crippen LogP contribution < -0.4 is 0 Å². The molecule has 1 aromatic rings. The molecule has 3 nitrogen and oxygen atoms in total. The molecule has 0 spiro atoms. The van der Waals surface area contributed by atoms with E-state index in [0.717, 1.165) is 54.0 Å². The molecule has 2 aliphatic heterocycles. The predicted molar refractivity (Wildman–Crippen MR) is 100.0 cm³/mol. The summed E-state index contributed by atoms with van der Waals surface area (Å²) in [6, 6.07) is 7.68. The van der Waals surface area contributed by atoms with Crippen LogP contribution in [0.1, 0.15) is 23.2 Å². The first-order valence-corrected chi connectivity index (χ1v) is 10.3. The second-order valence-electron chi connectivity index (χ2n) is 5.52. The van der Waals surface area contributed by atoms with Gasteiger partial charge in [-0.1, -0.05) is 35.7 Å². The number of benzene rings is 1. The fraction of sp³-hybridized carbons (Fsp3) is 0.500. The van der Waals surface area contributed by atoms with Crippen molar-refractivity contribution in [3.8, 4) is 0 Å². The van der Waals surface area contributed by atoms with Gasteiger partial charge in [0, 0.05) is 29.1 Å². The molecule has 0 radical (unpaired) electrons. The van der Waals surface area contributed by atoms with Gasteiger partial charge in [-0.05, 0) is 46.8 Å². The highest BCUT2D eigenvalue weighted by Crippen LogP contribution is 2.28. The topological polar surface area (TPSA) is 32.7 Å². The lowest BCUT2D eigenvalue weighted by Crippen LogP contribution is -2.39. The number of hydrogen-bond acceptors (Lipinski definition) is 4. The Hall–Kier alpha value is -0.460. The van der Waals surface area contributed by atoms with Gasteiger partial charge in [0.05, 0.1) is 12.1 Å². The zero-order valence-corrected chi connectivity index (χ0v) is 15.6. The molecular formula is C16H19BrN2OS2. The summed E-state index contributed by atoms with van der Waals surface area (Å²) in [6.45, 7) is 2.71. The third-order valence-corrected chi connectivity index (χ3v) is 7.18. The molecule has 22 heavy (non-hydrogen) atoms. The Balaban J connectivity index is 1.49. The summed E-state index contributed by atoms with van der Waals surface area (Å²) in [7, 11) is 0. The summed E-state index contributed by atoms with van der Waals surface area (Å²) < 4.78 is 2.14. The van der Waals surface area contributed by atoms with E-state index in [9.17, 15) is 4.79 Å². The van der Waals surface area contributed by atoms with Crippen molar-refractivity contribution in [2.45, 2.75) is 12.8 Å². The van der Waals surface area contributed by atoms with Gasteiger partial charge in [0.15, 0.2) is 0 Å². The minimum Gasteiger partial charge on any atom is -0.339 e. The summed E-state index contributed by atoms with van der Waals surface area (Å²) in [6.07, 6.45) is 2.20. The quantitative estimate of drug-likeness (QED) is 0.766. The van der Waals surface area contributed by atoms with Crippen molar-refractivity contribution in [3.05, 3.63) is 34.3 Å². The number of amides is 1. The number of hydrogen-bond donors (Lipinski definition) is 0. The van der Waals surface area contributed by atoms with Crippen LogP contribution in [-0.2, 0) is 0 Å². The second kappa shape index (κ2) is 7.88. The van der Waals surface area contributed by atoms with Crippen LogP contribution in [0.3, 0.4) is 0 Å². The molecule has 1 amide bonds. The Morgan fingerprint density at radius 2 is 2.14 bits per heavy atom. The van der Waals surface area contributed by atoms with E-state index in [0.29, 0.717) is 5.92 Å². The molecule has 0 bridgehead atoms. The number of piperidine rings is 1. The predicted octanol–water partition coefficient (Wildman–Crippen LogP) is 4.14. The number of carbonyl (C=O) groups is 1. The first-order valence-electron chi connectivity index (χ1n) is 7.58. The van der Waals surface area contributed by atoms with Crippen LogP contribution in [0.2, 0.25) is 0 Å². The highest BCUT2D eigenvalue weighted by molar-refractivity contribution is 9.10. The number of likely N-dealkylation sites (tertiary alicyclic amines) is 1. The molecule has 0 unspecified atom stereocenters. The maximum absolute atomic E-state index is 12.6. The van der Waals surface area contributed by atoms with E-state index in [1.807, 2.05) is 52.7 Å². The van der Waals surface area contributed by atoms with Gasteiger partial charge in [-0.2, -0.15) is 0 Å². The maximum atomic E-state index is 12.6. The van der Waals surface area contributed by atoms with Gasteiger partial charge < -0.3 is 4.90 Å². The smallest absolute Gasteiger partial charge is 0.254 e. The average molecular weight is 399 g/mol. The molecule has 0 N–H and O–H groups in total. The van der Waals surface area contributed by atoms with Gasteiger partial charge in [-0.3, -0.25) is 9.79 Å². The van der Waals surface area contributed by atoms with Crippen LogP contribution in [-0.4, -0.2) is 46.3 Å². The molecule has 1 fully saturated rings. The molecular weight excluding hydrogens is 380 g/mol. The molecule has 2 heterocycles. The van der Waals surface area contributed by atoms with Gasteiger partial charge >= 0.3 is 0 Å². The lowest BCUT2D eigenvalue weighted by molar-refractivity contribution is 0.0698. The van der Waals surface area contributed by atoms with E-state index in [1.165, 1.54) is 4.38 Å². The molecule has 0 atom stereocenters. The number of rotatable bonds is 3. The van der Waals surface area contributed by atoms with E-state index >= 15 is 0 Å². The van der Waals surface area contributed by atoms with Crippen molar-refractivity contribution < 1.29 is 4.79 Å². The van der Waals surface area contributed by atoms with Gasteiger partial charge in [0.25, 0.3) is 5.91 Å². The standard InChI is InChI=1S/C16H19BrN2OS2/c17-14-4-2-1-3-13(14)15(20)19-8-5-12(6-9-19)11-22-16-18-7-10-21-16/h1-4,12H,5-11H2.